The van der Waals surface area contributed by atoms with Crippen LogP contribution in [-0.4, -0.2) is 25.9 Å². The Kier molecular flexibility index (Phi) is 5.74. The highest BCUT2D eigenvalue weighted by molar-refractivity contribution is 9.10. The van der Waals surface area contributed by atoms with Gasteiger partial charge in [0.15, 0.2) is 0 Å². The molecule has 0 aliphatic carbocycles. The topological polar surface area (TPSA) is 21.3 Å². The van der Waals surface area contributed by atoms with Crippen LogP contribution in [0.5, 0.6) is 0 Å². The zero-order valence-corrected chi connectivity index (χ0v) is 10.7. The van der Waals surface area contributed by atoms with Crippen molar-refractivity contribution in [1.82, 2.24) is 5.32 Å². The largest absolute Gasteiger partial charge is 0.411 e. The van der Waals surface area contributed by atoms with Crippen LogP contribution < -0.4 is 5.32 Å². The molecule has 0 aliphatic rings. The summed E-state index contributed by atoms with van der Waals surface area (Å²) in [4.78, 5) is 1.13. The van der Waals surface area contributed by atoms with Crippen LogP contribution in [0, 0.1) is 0 Å². The Balaban J connectivity index is 2.00. The van der Waals surface area contributed by atoms with Crippen molar-refractivity contribution in [3.63, 3.8) is 0 Å². The number of halogens is 4. The van der Waals surface area contributed by atoms with Gasteiger partial charge in [-0.2, -0.15) is 13.2 Å². The standard InChI is InChI=1S/C9H11BrF3NOS/c10-7-3-8(16-5-7)4-14-1-2-15-6-9(11,12)13/h3,5,14H,1-2,4,6H2. The van der Waals surface area contributed by atoms with Crippen molar-refractivity contribution in [3.05, 3.63) is 20.8 Å². The van der Waals surface area contributed by atoms with Crippen LogP contribution in [0.2, 0.25) is 0 Å². The minimum atomic E-state index is -4.24. The molecule has 2 nitrogen and oxygen atoms in total. The first kappa shape index (κ1) is 14.0. The lowest BCUT2D eigenvalue weighted by Crippen LogP contribution is -2.23. The molecule has 1 N–H and O–H groups in total. The number of thiophene rings is 1. The molecular formula is C9H11BrF3NOS. The highest BCUT2D eigenvalue weighted by Crippen LogP contribution is 2.19. The van der Waals surface area contributed by atoms with Gasteiger partial charge in [0.25, 0.3) is 0 Å². The van der Waals surface area contributed by atoms with Gasteiger partial charge < -0.3 is 10.1 Å². The number of rotatable bonds is 6. The Morgan fingerprint density at radius 3 is 2.75 bits per heavy atom. The van der Waals surface area contributed by atoms with Gasteiger partial charge in [0.05, 0.1) is 6.61 Å². The summed E-state index contributed by atoms with van der Waals surface area (Å²) in [5, 5.41) is 4.95. The lowest BCUT2D eigenvalue weighted by Gasteiger charge is -2.07. The van der Waals surface area contributed by atoms with E-state index in [0.717, 1.165) is 9.35 Å². The molecule has 0 aromatic carbocycles. The van der Waals surface area contributed by atoms with Crippen molar-refractivity contribution in [2.45, 2.75) is 12.7 Å². The first-order chi connectivity index (χ1) is 7.47. The monoisotopic (exact) mass is 317 g/mol. The Bertz CT molecular complexity index is 316. The molecule has 0 bridgehead atoms. The van der Waals surface area contributed by atoms with E-state index in [2.05, 4.69) is 26.0 Å². The maximum atomic E-state index is 11.7. The van der Waals surface area contributed by atoms with E-state index in [1.807, 2.05) is 11.4 Å². The second kappa shape index (κ2) is 6.58. The lowest BCUT2D eigenvalue weighted by molar-refractivity contribution is -0.173. The van der Waals surface area contributed by atoms with Crippen LogP contribution in [0.3, 0.4) is 0 Å². The second-order valence-corrected chi connectivity index (χ2v) is 4.99. The lowest BCUT2D eigenvalue weighted by atomic mass is 10.4. The summed E-state index contributed by atoms with van der Waals surface area (Å²) < 4.78 is 40.5. The SMILES string of the molecule is FC(F)(F)COCCNCc1cc(Br)cs1. The molecule has 16 heavy (non-hydrogen) atoms. The summed E-state index contributed by atoms with van der Waals surface area (Å²) in [6.07, 6.45) is -4.24. The summed E-state index contributed by atoms with van der Waals surface area (Å²) in [6.45, 7) is -0.0669. The first-order valence-corrected chi connectivity index (χ1v) is 6.23. The van der Waals surface area contributed by atoms with Crippen LogP contribution in [0.15, 0.2) is 15.9 Å². The number of nitrogens with one attached hydrogen (secondary N) is 1. The molecule has 1 aromatic heterocycles. The summed E-state index contributed by atoms with van der Waals surface area (Å²) >= 11 is 4.91. The Morgan fingerprint density at radius 2 is 2.19 bits per heavy atom. The molecule has 0 saturated carbocycles. The minimum Gasteiger partial charge on any atom is -0.371 e. The molecule has 1 aromatic rings. The van der Waals surface area contributed by atoms with E-state index in [9.17, 15) is 13.2 Å². The van der Waals surface area contributed by atoms with Crippen molar-refractivity contribution < 1.29 is 17.9 Å². The molecule has 1 heterocycles. The average Bonchev–Trinajstić information content (AvgIpc) is 2.56. The van der Waals surface area contributed by atoms with Crippen molar-refractivity contribution in [2.24, 2.45) is 0 Å². The normalized spacial score (nSPS) is 12.0. The van der Waals surface area contributed by atoms with Crippen LogP contribution in [0.4, 0.5) is 13.2 Å². The van der Waals surface area contributed by atoms with Gasteiger partial charge in [0, 0.05) is 27.8 Å². The number of hydrogen-bond donors (Lipinski definition) is 1. The third-order valence-corrected chi connectivity index (χ3v) is 3.31. The third-order valence-electron chi connectivity index (χ3n) is 1.61. The van der Waals surface area contributed by atoms with Gasteiger partial charge >= 0.3 is 6.18 Å². The minimum absolute atomic E-state index is 0.0616. The van der Waals surface area contributed by atoms with E-state index in [0.29, 0.717) is 13.1 Å². The fourth-order valence-corrected chi connectivity index (χ4v) is 2.41. The van der Waals surface area contributed by atoms with E-state index in [1.54, 1.807) is 11.3 Å². The van der Waals surface area contributed by atoms with E-state index in [1.165, 1.54) is 0 Å². The van der Waals surface area contributed by atoms with E-state index in [-0.39, 0.29) is 6.61 Å². The van der Waals surface area contributed by atoms with Crippen molar-refractivity contribution in [1.29, 1.82) is 0 Å². The predicted octanol–water partition coefficient (Wildman–Crippen LogP) is 3.18. The van der Waals surface area contributed by atoms with Gasteiger partial charge in [-0.05, 0) is 22.0 Å². The van der Waals surface area contributed by atoms with Gasteiger partial charge in [-0.1, -0.05) is 0 Å². The molecule has 7 heteroatoms. The van der Waals surface area contributed by atoms with Crippen LogP contribution in [-0.2, 0) is 11.3 Å². The smallest absolute Gasteiger partial charge is 0.371 e. The molecule has 92 valence electrons. The highest BCUT2D eigenvalue weighted by atomic mass is 79.9. The zero-order chi connectivity index (χ0) is 12.0. The van der Waals surface area contributed by atoms with Crippen molar-refractivity contribution in [3.8, 4) is 0 Å². The molecule has 0 amide bonds. The molecular weight excluding hydrogens is 307 g/mol. The summed E-state index contributed by atoms with van der Waals surface area (Å²) in [5.74, 6) is 0. The molecule has 0 saturated heterocycles. The number of alkyl halides is 3. The maximum absolute atomic E-state index is 11.7. The van der Waals surface area contributed by atoms with Crippen LogP contribution in [0.25, 0.3) is 0 Å². The van der Waals surface area contributed by atoms with Crippen molar-refractivity contribution >= 4 is 27.3 Å². The van der Waals surface area contributed by atoms with Gasteiger partial charge in [-0.25, -0.2) is 0 Å². The van der Waals surface area contributed by atoms with E-state index < -0.39 is 12.8 Å². The van der Waals surface area contributed by atoms with Gasteiger partial charge in [-0.3, -0.25) is 0 Å². The van der Waals surface area contributed by atoms with E-state index >= 15 is 0 Å². The highest BCUT2D eigenvalue weighted by Gasteiger charge is 2.27. The average molecular weight is 318 g/mol. The summed E-state index contributed by atoms with van der Waals surface area (Å²) in [6, 6.07) is 1.97. The van der Waals surface area contributed by atoms with Gasteiger partial charge in [0.2, 0.25) is 0 Å². The molecule has 0 unspecified atom stereocenters. The van der Waals surface area contributed by atoms with Crippen LogP contribution >= 0.6 is 27.3 Å². The fraction of sp³-hybridized carbons (Fsp3) is 0.556. The van der Waals surface area contributed by atoms with Crippen LogP contribution in [0.1, 0.15) is 4.88 Å². The second-order valence-electron chi connectivity index (χ2n) is 3.08. The maximum Gasteiger partial charge on any atom is 0.411 e. The number of hydrogen-bond acceptors (Lipinski definition) is 3. The molecule has 0 fully saturated rings. The Hall–Kier alpha value is -0.110. The summed E-state index contributed by atoms with van der Waals surface area (Å²) in [5.41, 5.74) is 0. The first-order valence-electron chi connectivity index (χ1n) is 4.55. The molecule has 0 radical (unpaired) electrons. The predicted molar refractivity (Wildman–Crippen MR) is 60.6 cm³/mol. The fourth-order valence-electron chi connectivity index (χ4n) is 0.990. The molecule has 0 aliphatic heterocycles. The van der Waals surface area contributed by atoms with E-state index in [4.69, 9.17) is 0 Å². The van der Waals surface area contributed by atoms with Gasteiger partial charge in [0.1, 0.15) is 6.61 Å². The quantitative estimate of drug-likeness (QED) is 0.814. The molecule has 0 atom stereocenters. The Morgan fingerprint density at radius 1 is 1.44 bits per heavy atom. The molecule has 0 spiro atoms. The molecule has 1 rings (SSSR count). The Labute approximate surface area is 104 Å². The van der Waals surface area contributed by atoms with Crippen molar-refractivity contribution in [2.75, 3.05) is 19.8 Å². The number of ether oxygens (including phenoxy) is 1. The van der Waals surface area contributed by atoms with Gasteiger partial charge in [-0.15, -0.1) is 11.3 Å². The zero-order valence-electron chi connectivity index (χ0n) is 8.31. The summed E-state index contributed by atoms with van der Waals surface area (Å²) in [7, 11) is 0. The third kappa shape index (κ3) is 6.47.